The molecule has 2 aromatic rings. The van der Waals surface area contributed by atoms with Crippen LogP contribution in [0.3, 0.4) is 0 Å². The molecule has 170 valence electrons. The van der Waals surface area contributed by atoms with Crippen molar-refractivity contribution >= 4 is 41.3 Å². The van der Waals surface area contributed by atoms with Crippen LogP contribution in [-0.4, -0.2) is 51.4 Å². The van der Waals surface area contributed by atoms with E-state index in [0.717, 1.165) is 11.4 Å². The van der Waals surface area contributed by atoms with Crippen molar-refractivity contribution in [3.8, 4) is 0 Å². The molecule has 3 N–H and O–H groups in total. The van der Waals surface area contributed by atoms with E-state index in [1.54, 1.807) is 11.3 Å². The van der Waals surface area contributed by atoms with Crippen molar-refractivity contribution in [3.63, 3.8) is 0 Å². The number of thiazole rings is 1. The summed E-state index contributed by atoms with van der Waals surface area (Å²) >= 11 is 1.64. The van der Waals surface area contributed by atoms with Gasteiger partial charge in [-0.3, -0.25) is 4.99 Å². The van der Waals surface area contributed by atoms with E-state index in [4.69, 9.17) is 0 Å². The molecule has 0 aliphatic carbocycles. The fraction of sp³-hybridized carbons (Fsp3) is 0.611. The van der Waals surface area contributed by atoms with Gasteiger partial charge in [-0.15, -0.1) is 35.3 Å². The molecule has 0 aromatic carbocycles. The van der Waals surface area contributed by atoms with Crippen molar-refractivity contribution in [2.45, 2.75) is 44.9 Å². The summed E-state index contributed by atoms with van der Waals surface area (Å²) in [6, 6.07) is 0. The molecule has 2 rings (SSSR count). The van der Waals surface area contributed by atoms with E-state index in [1.165, 1.54) is 28.9 Å². The standard InChI is InChI=1S/C18H27F3N6OS.HI/c1-4-13-12-26-14(29-13)6-8-24-16(22-5-2)25-9-7-17(28,18(19,20)21)15-23-10-11-27(15)3;/h10-12,28H,4-9H2,1-3H3,(H2,22,24,25);1H. The minimum absolute atomic E-state index is 0. The van der Waals surface area contributed by atoms with Crippen molar-refractivity contribution in [3.05, 3.63) is 34.3 Å². The lowest BCUT2D eigenvalue weighted by molar-refractivity contribution is -0.272. The highest BCUT2D eigenvalue weighted by atomic mass is 127. The number of aromatic nitrogens is 3. The van der Waals surface area contributed by atoms with E-state index >= 15 is 0 Å². The van der Waals surface area contributed by atoms with E-state index in [9.17, 15) is 18.3 Å². The smallest absolute Gasteiger partial charge is 0.374 e. The first-order valence-corrected chi connectivity index (χ1v) is 10.3. The summed E-state index contributed by atoms with van der Waals surface area (Å²) in [4.78, 5) is 13.4. The fourth-order valence-corrected chi connectivity index (χ4v) is 3.59. The zero-order chi connectivity index (χ0) is 21.5. The van der Waals surface area contributed by atoms with Crippen LogP contribution in [-0.2, 0) is 25.5 Å². The zero-order valence-electron chi connectivity index (χ0n) is 17.2. The lowest BCUT2D eigenvalue weighted by Gasteiger charge is -2.29. The van der Waals surface area contributed by atoms with E-state index in [2.05, 4.69) is 32.5 Å². The summed E-state index contributed by atoms with van der Waals surface area (Å²) in [6.45, 7) is 4.82. The Morgan fingerprint density at radius 3 is 2.53 bits per heavy atom. The third kappa shape index (κ3) is 6.80. The van der Waals surface area contributed by atoms with Gasteiger partial charge in [0.05, 0.1) is 5.01 Å². The first-order valence-electron chi connectivity index (χ1n) is 9.44. The Morgan fingerprint density at radius 1 is 1.27 bits per heavy atom. The Kier molecular flexibility index (Phi) is 10.5. The molecule has 12 heteroatoms. The highest BCUT2D eigenvalue weighted by Gasteiger charge is 2.57. The van der Waals surface area contributed by atoms with Gasteiger partial charge in [-0.1, -0.05) is 6.92 Å². The number of aliphatic hydroxyl groups is 1. The van der Waals surface area contributed by atoms with E-state index in [0.29, 0.717) is 25.5 Å². The number of nitrogens with zero attached hydrogens (tertiary/aromatic N) is 4. The molecule has 0 amide bonds. The minimum atomic E-state index is -4.87. The van der Waals surface area contributed by atoms with Gasteiger partial charge in [0.2, 0.25) is 5.60 Å². The largest absolute Gasteiger partial charge is 0.424 e. The number of rotatable bonds is 9. The van der Waals surface area contributed by atoms with Crippen LogP contribution in [0, 0.1) is 0 Å². The summed E-state index contributed by atoms with van der Waals surface area (Å²) in [5.41, 5.74) is -3.07. The Labute approximate surface area is 195 Å². The van der Waals surface area contributed by atoms with Crippen molar-refractivity contribution < 1.29 is 18.3 Å². The molecule has 7 nitrogen and oxygen atoms in total. The Balaban J connectivity index is 0.00000450. The van der Waals surface area contributed by atoms with Gasteiger partial charge in [-0.25, -0.2) is 9.97 Å². The lowest BCUT2D eigenvalue weighted by atomic mass is 9.98. The maximum atomic E-state index is 13.6. The number of hydrogen-bond donors (Lipinski definition) is 3. The monoisotopic (exact) mass is 560 g/mol. The van der Waals surface area contributed by atoms with Crippen LogP contribution in [0.2, 0.25) is 0 Å². The summed E-state index contributed by atoms with van der Waals surface area (Å²) in [6.07, 6.45) is 0.573. The van der Waals surface area contributed by atoms with Crippen LogP contribution < -0.4 is 10.6 Å². The summed E-state index contributed by atoms with van der Waals surface area (Å²) in [7, 11) is 1.41. The van der Waals surface area contributed by atoms with Crippen molar-refractivity contribution in [2.24, 2.45) is 12.0 Å². The first kappa shape index (κ1) is 26.6. The molecule has 0 aliphatic heterocycles. The quantitative estimate of drug-likeness (QED) is 0.250. The molecular weight excluding hydrogens is 532 g/mol. The first-order chi connectivity index (χ1) is 13.7. The van der Waals surface area contributed by atoms with Gasteiger partial charge < -0.3 is 20.3 Å². The number of guanidine groups is 1. The molecule has 30 heavy (non-hydrogen) atoms. The van der Waals surface area contributed by atoms with Gasteiger partial charge >= 0.3 is 6.18 Å². The Hall–Kier alpha value is -1.41. The molecule has 0 saturated carbocycles. The average Bonchev–Trinajstić information content (AvgIpc) is 3.29. The second-order valence-corrected chi connectivity index (χ2v) is 7.68. The maximum Gasteiger partial charge on any atom is 0.424 e. The fourth-order valence-electron chi connectivity index (χ4n) is 2.73. The van der Waals surface area contributed by atoms with Gasteiger partial charge in [-0.2, -0.15) is 13.2 Å². The third-order valence-corrected chi connectivity index (χ3v) is 5.53. The zero-order valence-corrected chi connectivity index (χ0v) is 20.3. The minimum Gasteiger partial charge on any atom is -0.374 e. The molecule has 2 heterocycles. The number of imidazole rings is 1. The molecular formula is C18H28F3IN6OS. The van der Waals surface area contributed by atoms with Gasteiger partial charge in [-0.05, 0) is 13.3 Å². The molecule has 0 radical (unpaired) electrons. The lowest BCUT2D eigenvalue weighted by Crippen LogP contribution is -2.45. The van der Waals surface area contributed by atoms with Crippen LogP contribution >= 0.6 is 35.3 Å². The Bertz CT molecular complexity index is 810. The number of aliphatic imine (C=N–C) groups is 1. The number of nitrogens with one attached hydrogen (secondary N) is 2. The predicted octanol–water partition coefficient (Wildman–Crippen LogP) is 2.99. The summed E-state index contributed by atoms with van der Waals surface area (Å²) in [5, 5.41) is 17.4. The van der Waals surface area contributed by atoms with Gasteiger partial charge in [0.25, 0.3) is 0 Å². The number of halogens is 4. The Morgan fingerprint density at radius 2 is 2.00 bits per heavy atom. The molecule has 0 saturated heterocycles. The summed E-state index contributed by atoms with van der Waals surface area (Å²) < 4.78 is 41.8. The third-order valence-electron chi connectivity index (χ3n) is 4.33. The molecule has 0 fully saturated rings. The second kappa shape index (κ2) is 11.8. The molecule has 1 unspecified atom stereocenters. The van der Waals surface area contributed by atoms with E-state index in [1.807, 2.05) is 13.1 Å². The number of aryl methyl sites for hydroxylation is 2. The second-order valence-electron chi connectivity index (χ2n) is 6.48. The highest BCUT2D eigenvalue weighted by Crippen LogP contribution is 2.40. The van der Waals surface area contributed by atoms with Gasteiger partial charge in [0.15, 0.2) is 5.96 Å². The van der Waals surface area contributed by atoms with Crippen molar-refractivity contribution in [1.82, 2.24) is 25.2 Å². The molecule has 2 aromatic heterocycles. The molecule has 0 spiro atoms. The van der Waals surface area contributed by atoms with Gasteiger partial charge in [0.1, 0.15) is 5.82 Å². The predicted molar refractivity (Wildman–Crippen MR) is 122 cm³/mol. The topological polar surface area (TPSA) is 87.4 Å². The normalized spacial score (nSPS) is 14.2. The maximum absolute atomic E-state index is 13.6. The van der Waals surface area contributed by atoms with Crippen LogP contribution in [0.1, 0.15) is 36.0 Å². The average molecular weight is 560 g/mol. The molecule has 1 atom stereocenters. The number of alkyl halides is 3. The summed E-state index contributed by atoms with van der Waals surface area (Å²) in [5.74, 6) is -0.0576. The van der Waals surface area contributed by atoms with Crippen molar-refractivity contribution in [1.29, 1.82) is 0 Å². The van der Waals surface area contributed by atoms with Crippen LogP contribution in [0.4, 0.5) is 13.2 Å². The molecule has 0 bridgehead atoms. The van der Waals surface area contributed by atoms with Gasteiger partial charge in [0, 0.05) is 63.0 Å². The van der Waals surface area contributed by atoms with Crippen LogP contribution in [0.15, 0.2) is 23.6 Å². The van der Waals surface area contributed by atoms with E-state index < -0.39 is 24.0 Å². The highest BCUT2D eigenvalue weighted by molar-refractivity contribution is 14.0. The number of hydrogen-bond acceptors (Lipinski definition) is 5. The van der Waals surface area contributed by atoms with Crippen LogP contribution in [0.25, 0.3) is 0 Å². The van der Waals surface area contributed by atoms with Crippen LogP contribution in [0.5, 0.6) is 0 Å². The SMILES string of the molecule is CCNC(=NCCC(O)(c1nccn1C)C(F)(F)F)NCCc1ncc(CC)s1.I. The molecule has 0 aliphatic rings. The van der Waals surface area contributed by atoms with E-state index in [-0.39, 0.29) is 30.5 Å². The van der Waals surface area contributed by atoms with Crippen molar-refractivity contribution in [2.75, 3.05) is 19.6 Å².